The number of carbonyl (C=O) groups excluding carboxylic acids is 1. The molecule has 18 heavy (non-hydrogen) atoms. The molecule has 0 bridgehead atoms. The molecule has 0 atom stereocenters. The molecule has 0 aromatic heterocycles. The first kappa shape index (κ1) is 13.3. The standard InChI is InChI=1S/C14H20N2OS/c1-10-8-11(15)6-7-13(10)16-14(17)9-18-12-4-2-3-5-12/h6-8,12H,2-5,9,15H2,1H3,(H,16,17). The van der Waals surface area contributed by atoms with Crippen LogP contribution in [-0.2, 0) is 4.79 Å². The molecule has 98 valence electrons. The quantitative estimate of drug-likeness (QED) is 0.821. The van der Waals surface area contributed by atoms with Gasteiger partial charge in [-0.1, -0.05) is 12.8 Å². The van der Waals surface area contributed by atoms with Gasteiger partial charge >= 0.3 is 0 Å². The number of aryl methyl sites for hydroxylation is 1. The van der Waals surface area contributed by atoms with Gasteiger partial charge < -0.3 is 11.1 Å². The van der Waals surface area contributed by atoms with E-state index >= 15 is 0 Å². The predicted octanol–water partition coefficient (Wildman–Crippen LogP) is 3.19. The third kappa shape index (κ3) is 3.67. The van der Waals surface area contributed by atoms with E-state index < -0.39 is 0 Å². The number of amides is 1. The van der Waals surface area contributed by atoms with Crippen LogP contribution in [-0.4, -0.2) is 16.9 Å². The number of anilines is 2. The van der Waals surface area contributed by atoms with Crippen LogP contribution in [0.4, 0.5) is 11.4 Å². The molecule has 3 N–H and O–H groups in total. The summed E-state index contributed by atoms with van der Waals surface area (Å²) in [6.45, 7) is 1.95. The van der Waals surface area contributed by atoms with Crippen molar-refractivity contribution in [1.82, 2.24) is 0 Å². The van der Waals surface area contributed by atoms with E-state index in [4.69, 9.17) is 5.73 Å². The lowest BCUT2D eigenvalue weighted by atomic mass is 10.2. The molecule has 2 rings (SSSR count). The van der Waals surface area contributed by atoms with Crippen molar-refractivity contribution < 1.29 is 4.79 Å². The summed E-state index contributed by atoms with van der Waals surface area (Å²) in [6, 6.07) is 5.55. The number of rotatable bonds is 4. The highest BCUT2D eigenvalue weighted by molar-refractivity contribution is 8.00. The minimum Gasteiger partial charge on any atom is -0.399 e. The smallest absolute Gasteiger partial charge is 0.234 e. The van der Waals surface area contributed by atoms with Gasteiger partial charge in [0.05, 0.1) is 5.75 Å². The first-order chi connectivity index (χ1) is 8.65. The fourth-order valence-electron chi connectivity index (χ4n) is 2.26. The lowest BCUT2D eigenvalue weighted by molar-refractivity contribution is -0.113. The second kappa shape index (κ2) is 6.14. The lowest BCUT2D eigenvalue weighted by Crippen LogP contribution is -2.16. The van der Waals surface area contributed by atoms with Gasteiger partial charge in [-0.3, -0.25) is 4.79 Å². The van der Waals surface area contributed by atoms with Gasteiger partial charge in [0, 0.05) is 16.6 Å². The molecule has 1 aliphatic rings. The van der Waals surface area contributed by atoms with E-state index in [1.807, 2.05) is 25.1 Å². The summed E-state index contributed by atoms with van der Waals surface area (Å²) in [4.78, 5) is 11.8. The van der Waals surface area contributed by atoms with Crippen LogP contribution in [0.3, 0.4) is 0 Å². The molecular formula is C14H20N2OS. The summed E-state index contributed by atoms with van der Waals surface area (Å²) in [7, 11) is 0. The minimum absolute atomic E-state index is 0.0831. The van der Waals surface area contributed by atoms with Gasteiger partial charge in [-0.15, -0.1) is 11.8 Å². The number of hydrogen-bond acceptors (Lipinski definition) is 3. The van der Waals surface area contributed by atoms with Crippen LogP contribution in [0.2, 0.25) is 0 Å². The average Bonchev–Trinajstić information content (AvgIpc) is 2.83. The molecule has 1 aliphatic carbocycles. The Morgan fingerprint density at radius 3 is 2.83 bits per heavy atom. The van der Waals surface area contributed by atoms with Crippen molar-refractivity contribution in [2.24, 2.45) is 0 Å². The molecule has 4 heteroatoms. The third-order valence-corrected chi connectivity index (χ3v) is 4.65. The van der Waals surface area contributed by atoms with Gasteiger partial charge in [0.1, 0.15) is 0 Å². The van der Waals surface area contributed by atoms with Crippen LogP contribution in [0, 0.1) is 6.92 Å². The van der Waals surface area contributed by atoms with Crippen LogP contribution < -0.4 is 11.1 Å². The molecule has 0 heterocycles. The van der Waals surface area contributed by atoms with E-state index in [1.165, 1.54) is 25.7 Å². The van der Waals surface area contributed by atoms with Crippen LogP contribution in [0.1, 0.15) is 31.2 Å². The second-order valence-electron chi connectivity index (χ2n) is 4.84. The van der Waals surface area contributed by atoms with Crippen molar-refractivity contribution in [2.75, 3.05) is 16.8 Å². The Morgan fingerprint density at radius 2 is 2.17 bits per heavy atom. The Labute approximate surface area is 113 Å². The first-order valence-corrected chi connectivity index (χ1v) is 7.47. The topological polar surface area (TPSA) is 55.1 Å². The maximum atomic E-state index is 11.8. The Hall–Kier alpha value is -1.16. The normalized spacial score (nSPS) is 15.8. The Morgan fingerprint density at radius 1 is 1.44 bits per heavy atom. The van der Waals surface area contributed by atoms with Gasteiger partial charge in [0.25, 0.3) is 0 Å². The summed E-state index contributed by atoms with van der Waals surface area (Å²) in [5, 5.41) is 3.63. The Bertz CT molecular complexity index is 428. The number of carbonyl (C=O) groups is 1. The van der Waals surface area contributed by atoms with Crippen LogP contribution in [0.5, 0.6) is 0 Å². The maximum absolute atomic E-state index is 11.8. The molecule has 0 aliphatic heterocycles. The molecule has 1 fully saturated rings. The lowest BCUT2D eigenvalue weighted by Gasteiger charge is -2.11. The summed E-state index contributed by atoms with van der Waals surface area (Å²) in [6.07, 6.45) is 5.16. The van der Waals surface area contributed by atoms with Crippen molar-refractivity contribution in [3.05, 3.63) is 23.8 Å². The highest BCUT2D eigenvalue weighted by Gasteiger charge is 2.16. The van der Waals surface area contributed by atoms with Crippen molar-refractivity contribution in [2.45, 2.75) is 37.9 Å². The molecule has 0 spiro atoms. The van der Waals surface area contributed by atoms with E-state index in [1.54, 1.807) is 11.8 Å². The number of nitrogens with one attached hydrogen (secondary N) is 1. The van der Waals surface area contributed by atoms with E-state index in [2.05, 4.69) is 5.32 Å². The van der Waals surface area contributed by atoms with Gasteiger partial charge in [0.2, 0.25) is 5.91 Å². The second-order valence-corrected chi connectivity index (χ2v) is 6.13. The van der Waals surface area contributed by atoms with Crippen LogP contribution in [0.15, 0.2) is 18.2 Å². The van der Waals surface area contributed by atoms with Crippen molar-refractivity contribution in [3.63, 3.8) is 0 Å². The summed E-state index contributed by atoms with van der Waals surface area (Å²) in [5.41, 5.74) is 8.28. The van der Waals surface area contributed by atoms with Crippen LogP contribution >= 0.6 is 11.8 Å². The molecule has 1 amide bonds. The van der Waals surface area contributed by atoms with Gasteiger partial charge in [-0.25, -0.2) is 0 Å². The number of benzene rings is 1. The molecule has 1 aromatic rings. The Kier molecular flexibility index (Phi) is 4.53. The van der Waals surface area contributed by atoms with E-state index in [0.29, 0.717) is 11.0 Å². The number of thioether (sulfide) groups is 1. The molecule has 0 unspecified atom stereocenters. The molecule has 1 saturated carbocycles. The van der Waals surface area contributed by atoms with Gasteiger partial charge in [-0.05, 0) is 43.5 Å². The average molecular weight is 264 g/mol. The first-order valence-electron chi connectivity index (χ1n) is 6.43. The van der Waals surface area contributed by atoms with E-state index in [-0.39, 0.29) is 5.91 Å². The van der Waals surface area contributed by atoms with E-state index in [0.717, 1.165) is 16.9 Å². The van der Waals surface area contributed by atoms with Crippen molar-refractivity contribution in [1.29, 1.82) is 0 Å². The predicted molar refractivity (Wildman–Crippen MR) is 78.9 cm³/mol. The number of nitrogens with two attached hydrogens (primary N) is 1. The fourth-order valence-corrected chi connectivity index (χ4v) is 3.39. The van der Waals surface area contributed by atoms with Gasteiger partial charge in [0.15, 0.2) is 0 Å². The SMILES string of the molecule is Cc1cc(N)ccc1NC(=O)CSC1CCCC1. The van der Waals surface area contributed by atoms with Gasteiger partial charge in [-0.2, -0.15) is 0 Å². The largest absolute Gasteiger partial charge is 0.399 e. The molecule has 0 radical (unpaired) electrons. The third-order valence-electron chi connectivity index (χ3n) is 3.28. The molecule has 3 nitrogen and oxygen atoms in total. The summed E-state index contributed by atoms with van der Waals surface area (Å²) >= 11 is 1.78. The number of hydrogen-bond donors (Lipinski definition) is 2. The number of nitrogen functional groups attached to an aromatic ring is 1. The minimum atomic E-state index is 0.0831. The highest BCUT2D eigenvalue weighted by Crippen LogP contribution is 2.29. The molecular weight excluding hydrogens is 244 g/mol. The summed E-state index contributed by atoms with van der Waals surface area (Å²) in [5.74, 6) is 0.633. The Balaban J connectivity index is 1.82. The fraction of sp³-hybridized carbons (Fsp3) is 0.500. The zero-order valence-corrected chi connectivity index (χ0v) is 11.6. The zero-order chi connectivity index (χ0) is 13.0. The van der Waals surface area contributed by atoms with Crippen molar-refractivity contribution in [3.8, 4) is 0 Å². The summed E-state index contributed by atoms with van der Waals surface area (Å²) < 4.78 is 0. The van der Waals surface area contributed by atoms with Crippen LogP contribution in [0.25, 0.3) is 0 Å². The zero-order valence-electron chi connectivity index (χ0n) is 10.7. The van der Waals surface area contributed by atoms with Crippen molar-refractivity contribution >= 4 is 29.0 Å². The molecule has 1 aromatic carbocycles. The monoisotopic (exact) mass is 264 g/mol. The maximum Gasteiger partial charge on any atom is 0.234 e. The van der Waals surface area contributed by atoms with E-state index in [9.17, 15) is 4.79 Å². The highest BCUT2D eigenvalue weighted by atomic mass is 32.2. The molecule has 0 saturated heterocycles.